The fourth-order valence-corrected chi connectivity index (χ4v) is 3.87. The highest BCUT2D eigenvalue weighted by Crippen LogP contribution is 2.26. The van der Waals surface area contributed by atoms with Crippen molar-refractivity contribution in [3.05, 3.63) is 64.4 Å². The van der Waals surface area contributed by atoms with Crippen LogP contribution in [0.2, 0.25) is 5.02 Å². The second-order valence-electron chi connectivity index (χ2n) is 7.60. The van der Waals surface area contributed by atoms with Crippen LogP contribution in [0.4, 0.5) is 5.82 Å². The smallest absolute Gasteiger partial charge is 0.154 e. The maximum absolute atomic E-state index is 6.17. The first kappa shape index (κ1) is 24.4. The first-order chi connectivity index (χ1) is 13.6. The number of rotatable bonds is 4. The predicted molar refractivity (Wildman–Crippen MR) is 133 cm³/mol. The Hall–Kier alpha value is -1.85. The summed E-state index contributed by atoms with van der Waals surface area (Å²) in [4.78, 5) is 9.55. The highest BCUT2D eigenvalue weighted by Gasteiger charge is 2.20. The van der Waals surface area contributed by atoms with Crippen LogP contribution in [0.3, 0.4) is 0 Å². The molecule has 0 spiro atoms. The fourth-order valence-electron chi connectivity index (χ4n) is 3.74. The molecule has 0 amide bonds. The van der Waals surface area contributed by atoms with Crippen LogP contribution >= 0.6 is 36.4 Å². The molecule has 0 bridgehead atoms. The second-order valence-corrected chi connectivity index (χ2v) is 8.04. The molecule has 4 rings (SSSR count). The largest absolute Gasteiger partial charge is 0.367 e. The van der Waals surface area contributed by atoms with Crippen LogP contribution in [0.15, 0.2) is 42.5 Å². The number of nitrogens with zero attached hydrogens (tertiary/aromatic N) is 2. The first-order valence-corrected chi connectivity index (χ1v) is 10.2. The summed E-state index contributed by atoms with van der Waals surface area (Å²) >= 11 is 5.96. The third-order valence-corrected chi connectivity index (χ3v) is 5.47. The fraction of sp³-hybridized carbons (Fsp3) is 0.304. The van der Waals surface area contributed by atoms with E-state index in [0.29, 0.717) is 11.9 Å². The number of benzene rings is 2. The molecule has 3 aromatic rings. The lowest BCUT2D eigenvalue weighted by Gasteiger charge is -2.28. The molecule has 0 aliphatic heterocycles. The summed E-state index contributed by atoms with van der Waals surface area (Å²) < 4.78 is 0. The van der Waals surface area contributed by atoms with Crippen LogP contribution in [-0.2, 0) is 0 Å². The molecule has 2 atom stereocenters. The Kier molecular flexibility index (Phi) is 8.92. The van der Waals surface area contributed by atoms with E-state index in [2.05, 4.69) is 30.4 Å². The maximum Gasteiger partial charge on any atom is 0.154 e. The highest BCUT2D eigenvalue weighted by atomic mass is 35.5. The van der Waals surface area contributed by atoms with E-state index in [0.717, 1.165) is 53.0 Å². The van der Waals surface area contributed by atoms with Gasteiger partial charge in [-0.2, -0.15) is 0 Å². The van der Waals surface area contributed by atoms with Crippen LogP contribution in [-0.4, -0.2) is 22.1 Å². The minimum absolute atomic E-state index is 0. The molecule has 1 saturated carbocycles. The minimum Gasteiger partial charge on any atom is -0.367 e. The molecule has 7 heteroatoms. The Bertz CT molecular complexity index is 1010. The molecule has 3 N–H and O–H groups in total. The molecule has 1 heterocycles. The average molecular weight is 466 g/mol. The van der Waals surface area contributed by atoms with E-state index in [1.807, 2.05) is 36.4 Å². The molecule has 160 valence electrons. The molecule has 2 aromatic carbocycles. The summed E-state index contributed by atoms with van der Waals surface area (Å²) in [5.41, 5.74) is 9.38. The van der Waals surface area contributed by atoms with E-state index in [-0.39, 0.29) is 30.9 Å². The molecule has 2 unspecified atom stereocenters. The zero-order valence-corrected chi connectivity index (χ0v) is 19.2. The zero-order valence-electron chi connectivity index (χ0n) is 16.8. The third-order valence-electron chi connectivity index (χ3n) is 5.22. The molecular weight excluding hydrogens is 439 g/mol. The van der Waals surface area contributed by atoms with Gasteiger partial charge in [-0.3, -0.25) is 0 Å². The Morgan fingerprint density at radius 2 is 1.80 bits per heavy atom. The summed E-state index contributed by atoms with van der Waals surface area (Å²) in [5, 5.41) is 5.43. The number of anilines is 1. The standard InChI is InChI=1S/C23H25ClN4.2ClH/c1-15-5-11-21-20(13-15)23(26-19-4-2-3-18(25)14-19)28-22(27-21)12-8-16-6-9-17(24)10-7-16;;/h5-13,18-19H,2-4,14,25H2,1H3,(H,26,27,28);2*1H. The Balaban J connectivity index is 0.00000160. The number of halogens is 3. The summed E-state index contributed by atoms with van der Waals surface area (Å²) in [6.45, 7) is 2.09. The number of fused-ring (bicyclic) bond motifs is 1. The van der Waals surface area contributed by atoms with Crippen molar-refractivity contribution in [2.75, 3.05) is 5.32 Å². The molecule has 0 saturated heterocycles. The molecular formula is C23H27Cl3N4. The molecule has 1 aromatic heterocycles. The number of nitrogens with one attached hydrogen (secondary N) is 1. The number of hydrogen-bond donors (Lipinski definition) is 2. The number of aromatic nitrogens is 2. The van der Waals surface area contributed by atoms with Crippen molar-refractivity contribution < 1.29 is 0 Å². The van der Waals surface area contributed by atoms with Crippen LogP contribution in [0.5, 0.6) is 0 Å². The lowest BCUT2D eigenvalue weighted by Crippen LogP contribution is -2.35. The summed E-state index contributed by atoms with van der Waals surface area (Å²) in [6.07, 6.45) is 8.32. The van der Waals surface area contributed by atoms with Crippen molar-refractivity contribution in [3.63, 3.8) is 0 Å². The average Bonchev–Trinajstić information content (AvgIpc) is 2.68. The van der Waals surface area contributed by atoms with Gasteiger partial charge < -0.3 is 11.1 Å². The summed E-state index contributed by atoms with van der Waals surface area (Å²) in [6, 6.07) is 14.6. The third kappa shape index (κ3) is 6.08. The van der Waals surface area contributed by atoms with Crippen LogP contribution in [0.25, 0.3) is 23.1 Å². The normalized spacial score (nSPS) is 18.6. The van der Waals surface area contributed by atoms with E-state index in [9.17, 15) is 0 Å². The van der Waals surface area contributed by atoms with Gasteiger partial charge in [0, 0.05) is 22.5 Å². The lowest BCUT2D eigenvalue weighted by molar-refractivity contribution is 0.409. The number of hydrogen-bond acceptors (Lipinski definition) is 4. The monoisotopic (exact) mass is 464 g/mol. The maximum atomic E-state index is 6.17. The molecule has 1 aliphatic carbocycles. The van der Waals surface area contributed by atoms with E-state index in [1.54, 1.807) is 0 Å². The topological polar surface area (TPSA) is 63.8 Å². The minimum atomic E-state index is 0. The van der Waals surface area contributed by atoms with Crippen molar-refractivity contribution in [1.82, 2.24) is 9.97 Å². The van der Waals surface area contributed by atoms with E-state index < -0.39 is 0 Å². The van der Waals surface area contributed by atoms with E-state index in [1.165, 1.54) is 5.56 Å². The van der Waals surface area contributed by atoms with Crippen LogP contribution in [0, 0.1) is 6.92 Å². The van der Waals surface area contributed by atoms with Gasteiger partial charge in [0.2, 0.25) is 0 Å². The van der Waals surface area contributed by atoms with E-state index in [4.69, 9.17) is 27.3 Å². The lowest BCUT2D eigenvalue weighted by atomic mass is 9.91. The van der Waals surface area contributed by atoms with Gasteiger partial charge in [0.05, 0.1) is 5.52 Å². The van der Waals surface area contributed by atoms with Gasteiger partial charge in [-0.15, -0.1) is 24.8 Å². The van der Waals surface area contributed by atoms with Gasteiger partial charge in [-0.05, 0) is 68.5 Å². The Morgan fingerprint density at radius 3 is 2.53 bits per heavy atom. The Morgan fingerprint density at radius 1 is 1.03 bits per heavy atom. The molecule has 4 nitrogen and oxygen atoms in total. The number of aryl methyl sites for hydroxylation is 1. The molecule has 0 radical (unpaired) electrons. The second kappa shape index (κ2) is 11.0. The Labute approximate surface area is 195 Å². The zero-order chi connectivity index (χ0) is 19.5. The van der Waals surface area contributed by atoms with Gasteiger partial charge in [0.15, 0.2) is 5.82 Å². The summed E-state index contributed by atoms with van der Waals surface area (Å²) in [5.74, 6) is 1.58. The number of nitrogens with two attached hydrogens (primary N) is 1. The van der Waals surface area contributed by atoms with Gasteiger partial charge in [-0.1, -0.05) is 41.4 Å². The van der Waals surface area contributed by atoms with Crippen molar-refractivity contribution >= 4 is 65.3 Å². The SMILES string of the molecule is Cc1ccc2nc(C=Cc3ccc(Cl)cc3)nc(NC3CCCC(N)C3)c2c1.Cl.Cl. The van der Waals surface area contributed by atoms with Gasteiger partial charge in [-0.25, -0.2) is 9.97 Å². The molecule has 1 aliphatic rings. The van der Waals surface area contributed by atoms with Crippen LogP contribution < -0.4 is 11.1 Å². The van der Waals surface area contributed by atoms with Gasteiger partial charge in [0.1, 0.15) is 5.82 Å². The van der Waals surface area contributed by atoms with E-state index >= 15 is 0 Å². The summed E-state index contributed by atoms with van der Waals surface area (Å²) in [7, 11) is 0. The highest BCUT2D eigenvalue weighted by molar-refractivity contribution is 6.30. The van der Waals surface area contributed by atoms with Gasteiger partial charge in [0.25, 0.3) is 0 Å². The van der Waals surface area contributed by atoms with Crippen molar-refractivity contribution in [2.45, 2.75) is 44.7 Å². The predicted octanol–water partition coefficient (Wildman–Crippen LogP) is 6.29. The quantitative estimate of drug-likeness (QED) is 0.475. The van der Waals surface area contributed by atoms with Gasteiger partial charge >= 0.3 is 0 Å². The van der Waals surface area contributed by atoms with Crippen molar-refractivity contribution in [1.29, 1.82) is 0 Å². The van der Waals surface area contributed by atoms with Crippen molar-refractivity contribution in [2.24, 2.45) is 5.73 Å². The first-order valence-electron chi connectivity index (χ1n) is 9.81. The van der Waals surface area contributed by atoms with Crippen LogP contribution in [0.1, 0.15) is 42.6 Å². The molecule has 30 heavy (non-hydrogen) atoms. The van der Waals surface area contributed by atoms with Crippen molar-refractivity contribution in [3.8, 4) is 0 Å². The molecule has 1 fully saturated rings.